The summed E-state index contributed by atoms with van der Waals surface area (Å²) in [5.74, 6) is 0.0581. The largest absolute Gasteiger partial charge is 0.494 e. The highest BCUT2D eigenvalue weighted by Gasteiger charge is 2.28. The molecular formula is C35H37F3O. The van der Waals surface area contributed by atoms with Crippen LogP contribution in [0.25, 0.3) is 27.8 Å². The van der Waals surface area contributed by atoms with E-state index in [2.05, 4.69) is 12.7 Å². The van der Waals surface area contributed by atoms with Crippen molar-refractivity contribution in [1.29, 1.82) is 0 Å². The van der Waals surface area contributed by atoms with E-state index >= 15 is 4.39 Å². The van der Waals surface area contributed by atoms with E-state index < -0.39 is 11.6 Å². The van der Waals surface area contributed by atoms with Gasteiger partial charge in [0.25, 0.3) is 0 Å². The smallest absolute Gasteiger partial charge is 0.201 e. The molecule has 1 saturated carbocycles. The Morgan fingerprint density at radius 3 is 2.08 bits per heavy atom. The molecule has 0 bridgehead atoms. The molecule has 1 unspecified atom stereocenters. The Hall–Kier alpha value is -3.27. The Morgan fingerprint density at radius 1 is 0.795 bits per heavy atom. The Bertz CT molecular complexity index is 1330. The van der Waals surface area contributed by atoms with Gasteiger partial charge in [0.05, 0.1) is 7.11 Å². The average Bonchev–Trinajstić information content (AvgIpc) is 2.98. The number of halogens is 3. The highest BCUT2D eigenvalue weighted by molar-refractivity contribution is 5.74. The van der Waals surface area contributed by atoms with E-state index in [4.69, 9.17) is 4.74 Å². The van der Waals surface area contributed by atoms with Crippen LogP contribution in [-0.2, 0) is 0 Å². The topological polar surface area (TPSA) is 9.23 Å². The summed E-state index contributed by atoms with van der Waals surface area (Å²) >= 11 is 0. The SMILES string of the molecule is C=CCCC1CCC(C2CC=C(c3ccc(-c4ccc(-c5ccc(OC)c(F)c5F)cc4)c(F)c3)CC2)CC1. The number of hydrogen-bond acceptors (Lipinski definition) is 1. The zero-order chi connectivity index (χ0) is 27.4. The van der Waals surface area contributed by atoms with Gasteiger partial charge < -0.3 is 4.74 Å². The van der Waals surface area contributed by atoms with Gasteiger partial charge in [-0.15, -0.1) is 6.58 Å². The number of benzene rings is 3. The number of allylic oxidation sites excluding steroid dienone is 3. The lowest BCUT2D eigenvalue weighted by Gasteiger charge is -2.35. The molecule has 0 spiro atoms. The molecule has 4 heteroatoms. The van der Waals surface area contributed by atoms with E-state index in [0.29, 0.717) is 16.7 Å². The summed E-state index contributed by atoms with van der Waals surface area (Å²) in [5, 5.41) is 0. The van der Waals surface area contributed by atoms with Gasteiger partial charge in [0.1, 0.15) is 5.82 Å². The second-order valence-electron chi connectivity index (χ2n) is 11.1. The molecule has 1 fully saturated rings. The van der Waals surface area contributed by atoms with E-state index in [1.165, 1.54) is 63.3 Å². The predicted molar refractivity (Wildman–Crippen MR) is 154 cm³/mol. The standard InChI is InChI=1S/C35H37F3O/c1-3-4-5-23-6-8-24(9-7-23)25-10-12-26(13-11-25)29-18-19-30(32(36)22-29)27-14-16-28(17-15-27)31-20-21-33(39-2)35(38)34(31)37/h3,12,14-25H,1,4-11,13H2,2H3. The lowest BCUT2D eigenvalue weighted by Crippen LogP contribution is -2.23. The maximum atomic E-state index is 15.3. The van der Waals surface area contributed by atoms with Gasteiger partial charge in [0.2, 0.25) is 5.82 Å². The maximum absolute atomic E-state index is 15.3. The Balaban J connectivity index is 1.24. The van der Waals surface area contributed by atoms with Crippen LogP contribution in [0.1, 0.15) is 63.4 Å². The molecule has 0 radical (unpaired) electrons. The number of methoxy groups -OCH3 is 1. The van der Waals surface area contributed by atoms with Gasteiger partial charge in [-0.25, -0.2) is 8.78 Å². The first kappa shape index (κ1) is 27.3. The van der Waals surface area contributed by atoms with E-state index in [-0.39, 0.29) is 17.1 Å². The van der Waals surface area contributed by atoms with Crippen LogP contribution in [0.2, 0.25) is 0 Å². The molecule has 0 saturated heterocycles. The molecular weight excluding hydrogens is 493 g/mol. The van der Waals surface area contributed by atoms with Crippen molar-refractivity contribution in [1.82, 2.24) is 0 Å². The summed E-state index contributed by atoms with van der Waals surface area (Å²) < 4.78 is 48.7. The summed E-state index contributed by atoms with van der Waals surface area (Å²) in [4.78, 5) is 0. The quantitative estimate of drug-likeness (QED) is 0.263. The molecule has 2 aliphatic carbocycles. The fraction of sp³-hybridized carbons (Fsp3) is 0.371. The Labute approximate surface area is 230 Å². The van der Waals surface area contributed by atoms with Gasteiger partial charge in [-0.1, -0.05) is 61.4 Å². The minimum Gasteiger partial charge on any atom is -0.494 e. The minimum absolute atomic E-state index is 0.138. The molecule has 1 nitrogen and oxygen atoms in total. The summed E-state index contributed by atoms with van der Waals surface area (Å²) in [6, 6.07) is 15.2. The van der Waals surface area contributed by atoms with E-state index in [1.807, 2.05) is 18.2 Å². The molecule has 0 N–H and O–H groups in total. The van der Waals surface area contributed by atoms with Crippen LogP contribution in [0.3, 0.4) is 0 Å². The third-order valence-corrected chi connectivity index (χ3v) is 8.90. The molecule has 204 valence electrons. The highest BCUT2D eigenvalue weighted by atomic mass is 19.2. The fourth-order valence-corrected chi connectivity index (χ4v) is 6.54. The van der Waals surface area contributed by atoms with Crippen molar-refractivity contribution in [2.75, 3.05) is 7.11 Å². The second-order valence-corrected chi connectivity index (χ2v) is 11.1. The first-order valence-electron chi connectivity index (χ1n) is 14.2. The minimum atomic E-state index is -1.02. The van der Waals surface area contributed by atoms with Crippen LogP contribution < -0.4 is 4.74 Å². The van der Waals surface area contributed by atoms with Crippen LogP contribution in [0.15, 0.2) is 73.3 Å². The Kier molecular flexibility index (Phi) is 8.60. The van der Waals surface area contributed by atoms with Crippen molar-refractivity contribution in [3.63, 3.8) is 0 Å². The van der Waals surface area contributed by atoms with Crippen molar-refractivity contribution >= 4 is 5.57 Å². The van der Waals surface area contributed by atoms with Gasteiger partial charge in [-0.05, 0) is 103 Å². The lowest BCUT2D eigenvalue weighted by atomic mass is 9.70. The molecule has 3 aromatic rings. The zero-order valence-electron chi connectivity index (χ0n) is 22.7. The van der Waals surface area contributed by atoms with Crippen LogP contribution in [0.4, 0.5) is 13.2 Å². The molecule has 39 heavy (non-hydrogen) atoms. The molecule has 1 atom stereocenters. The van der Waals surface area contributed by atoms with E-state index in [9.17, 15) is 8.78 Å². The van der Waals surface area contributed by atoms with Crippen LogP contribution in [0.5, 0.6) is 5.75 Å². The molecule has 0 aromatic heterocycles. The van der Waals surface area contributed by atoms with Crippen molar-refractivity contribution in [3.05, 3.63) is 96.3 Å². The van der Waals surface area contributed by atoms with Crippen molar-refractivity contribution < 1.29 is 17.9 Å². The lowest BCUT2D eigenvalue weighted by molar-refractivity contribution is 0.190. The van der Waals surface area contributed by atoms with Crippen LogP contribution in [0, 0.1) is 35.2 Å². The number of ether oxygens (including phenoxy) is 1. The van der Waals surface area contributed by atoms with Crippen molar-refractivity contribution in [3.8, 4) is 28.0 Å². The Morgan fingerprint density at radius 2 is 1.46 bits per heavy atom. The monoisotopic (exact) mass is 530 g/mol. The highest BCUT2D eigenvalue weighted by Crippen LogP contribution is 2.42. The van der Waals surface area contributed by atoms with E-state index in [0.717, 1.165) is 42.6 Å². The van der Waals surface area contributed by atoms with Crippen molar-refractivity contribution in [2.45, 2.75) is 57.8 Å². The first-order chi connectivity index (χ1) is 19.0. The predicted octanol–water partition coefficient (Wildman–Crippen LogP) is 10.4. The second kappa shape index (κ2) is 12.3. The van der Waals surface area contributed by atoms with Gasteiger partial charge in [0, 0.05) is 11.1 Å². The number of hydrogen-bond donors (Lipinski definition) is 0. The molecule has 5 rings (SSSR count). The molecule has 0 aliphatic heterocycles. The summed E-state index contributed by atoms with van der Waals surface area (Å²) in [5.41, 5.74) is 4.03. The summed E-state index contributed by atoms with van der Waals surface area (Å²) in [6.07, 6.45) is 15.5. The van der Waals surface area contributed by atoms with Crippen LogP contribution >= 0.6 is 0 Å². The average molecular weight is 531 g/mol. The fourth-order valence-electron chi connectivity index (χ4n) is 6.54. The van der Waals surface area contributed by atoms with Crippen molar-refractivity contribution in [2.24, 2.45) is 17.8 Å². The van der Waals surface area contributed by atoms with Crippen LogP contribution in [-0.4, -0.2) is 7.11 Å². The van der Waals surface area contributed by atoms with Gasteiger partial charge in [-0.3, -0.25) is 0 Å². The zero-order valence-corrected chi connectivity index (χ0v) is 22.7. The normalized spacial score (nSPS) is 21.3. The first-order valence-corrected chi connectivity index (χ1v) is 14.2. The molecule has 3 aromatic carbocycles. The molecule has 2 aliphatic rings. The molecule has 0 heterocycles. The maximum Gasteiger partial charge on any atom is 0.201 e. The van der Waals surface area contributed by atoms with E-state index in [1.54, 1.807) is 30.3 Å². The van der Waals surface area contributed by atoms with Gasteiger partial charge in [0.15, 0.2) is 11.6 Å². The third kappa shape index (κ3) is 6.00. The number of rotatable bonds is 8. The third-order valence-electron chi connectivity index (χ3n) is 8.90. The summed E-state index contributed by atoms with van der Waals surface area (Å²) in [6.45, 7) is 3.86. The molecule has 0 amide bonds. The van der Waals surface area contributed by atoms with Gasteiger partial charge >= 0.3 is 0 Å². The van der Waals surface area contributed by atoms with Gasteiger partial charge in [-0.2, -0.15) is 4.39 Å². The summed E-state index contributed by atoms with van der Waals surface area (Å²) in [7, 11) is 1.30.